The largest absolute Gasteiger partial charge is 0.368 e. The molecule has 1 amide bonds. The molecule has 3 N–H and O–H groups in total. The molecule has 0 bridgehead atoms. The number of rotatable bonds is 4. The van der Waals surface area contributed by atoms with Crippen LogP contribution in [0.4, 0.5) is 0 Å². The lowest BCUT2D eigenvalue weighted by molar-refractivity contribution is -0.121. The van der Waals surface area contributed by atoms with E-state index >= 15 is 0 Å². The van der Waals surface area contributed by atoms with E-state index in [1.165, 1.54) is 11.3 Å². The topological polar surface area (TPSA) is 97.9 Å². The number of hydrogen-bond acceptors (Lipinski definition) is 4. The van der Waals surface area contributed by atoms with Crippen LogP contribution >= 0.6 is 11.3 Å². The van der Waals surface area contributed by atoms with E-state index in [9.17, 15) is 14.4 Å². The second-order valence-electron chi connectivity index (χ2n) is 5.54. The normalized spacial score (nSPS) is 12.4. The van der Waals surface area contributed by atoms with Gasteiger partial charge in [0.15, 0.2) is 0 Å². The molecular formula is C17H17N3O3S. The van der Waals surface area contributed by atoms with Crippen LogP contribution in [0.2, 0.25) is 0 Å². The van der Waals surface area contributed by atoms with Crippen LogP contribution in [0.5, 0.6) is 0 Å². The van der Waals surface area contributed by atoms with Gasteiger partial charge < -0.3 is 5.73 Å². The number of aryl methyl sites for hydroxylation is 1. The minimum atomic E-state index is -0.963. The average Bonchev–Trinajstić information content (AvgIpc) is 2.87. The van der Waals surface area contributed by atoms with Crippen molar-refractivity contribution in [1.29, 1.82) is 0 Å². The molecule has 0 saturated heterocycles. The van der Waals surface area contributed by atoms with E-state index < -0.39 is 23.2 Å². The Bertz CT molecular complexity index is 1030. The van der Waals surface area contributed by atoms with Gasteiger partial charge in [-0.15, -0.1) is 11.3 Å². The lowest BCUT2D eigenvalue weighted by Gasteiger charge is -2.13. The van der Waals surface area contributed by atoms with Crippen molar-refractivity contribution < 1.29 is 4.79 Å². The average molecular weight is 343 g/mol. The number of primary amides is 1. The maximum Gasteiger partial charge on any atom is 0.330 e. The van der Waals surface area contributed by atoms with Crippen molar-refractivity contribution in [1.82, 2.24) is 9.55 Å². The van der Waals surface area contributed by atoms with E-state index in [2.05, 4.69) is 4.98 Å². The molecule has 2 aromatic heterocycles. The molecule has 124 valence electrons. The lowest BCUT2D eigenvalue weighted by atomic mass is 10.0. The van der Waals surface area contributed by atoms with Crippen LogP contribution in [-0.2, 0) is 4.79 Å². The zero-order valence-corrected chi connectivity index (χ0v) is 14.1. The molecule has 1 aromatic carbocycles. The number of fused-ring (bicyclic) bond motifs is 1. The number of carbonyl (C=O) groups excluding carboxylic acids is 1. The zero-order valence-electron chi connectivity index (χ0n) is 13.3. The highest BCUT2D eigenvalue weighted by Gasteiger charge is 2.24. The number of nitrogens with two attached hydrogens (primary N) is 1. The van der Waals surface area contributed by atoms with Crippen LogP contribution in [0, 0.1) is 6.92 Å². The van der Waals surface area contributed by atoms with E-state index in [-0.39, 0.29) is 6.42 Å². The van der Waals surface area contributed by atoms with Gasteiger partial charge in [-0.05, 0) is 18.9 Å². The summed E-state index contributed by atoms with van der Waals surface area (Å²) in [5.41, 5.74) is 5.95. The summed E-state index contributed by atoms with van der Waals surface area (Å²) in [6.45, 7) is 3.61. The summed E-state index contributed by atoms with van der Waals surface area (Å²) in [5, 5.41) is 0.419. The Hall–Kier alpha value is -2.67. The molecule has 1 atom stereocenters. The number of H-pyrrole nitrogens is 1. The van der Waals surface area contributed by atoms with Gasteiger partial charge in [-0.3, -0.25) is 14.6 Å². The first-order valence-corrected chi connectivity index (χ1v) is 8.40. The summed E-state index contributed by atoms with van der Waals surface area (Å²) in [5.74, 6) is -0.697. The summed E-state index contributed by atoms with van der Waals surface area (Å²) < 4.78 is 0.934. The minimum absolute atomic E-state index is 0.271. The third kappa shape index (κ3) is 2.46. The van der Waals surface area contributed by atoms with Crippen LogP contribution in [0.3, 0.4) is 0 Å². The highest BCUT2D eigenvalue weighted by molar-refractivity contribution is 7.19. The Kier molecular flexibility index (Phi) is 4.11. The Morgan fingerprint density at radius 3 is 2.54 bits per heavy atom. The van der Waals surface area contributed by atoms with Gasteiger partial charge in [0.2, 0.25) is 5.91 Å². The number of amides is 1. The molecule has 3 rings (SSSR count). The summed E-state index contributed by atoms with van der Waals surface area (Å²) >= 11 is 1.35. The maximum absolute atomic E-state index is 13.0. The number of carbonyl (C=O) groups is 1. The quantitative estimate of drug-likeness (QED) is 0.759. The van der Waals surface area contributed by atoms with Crippen molar-refractivity contribution in [2.45, 2.75) is 26.3 Å². The first-order chi connectivity index (χ1) is 11.5. The highest BCUT2D eigenvalue weighted by atomic mass is 32.1. The van der Waals surface area contributed by atoms with Gasteiger partial charge in [0.05, 0.1) is 5.39 Å². The van der Waals surface area contributed by atoms with Gasteiger partial charge >= 0.3 is 5.69 Å². The maximum atomic E-state index is 13.0. The van der Waals surface area contributed by atoms with Gasteiger partial charge in [0, 0.05) is 10.4 Å². The molecule has 3 aromatic rings. The summed E-state index contributed by atoms with van der Waals surface area (Å²) in [7, 11) is 0. The van der Waals surface area contributed by atoms with Gasteiger partial charge in [0.25, 0.3) is 5.56 Å². The minimum Gasteiger partial charge on any atom is -0.368 e. The molecule has 0 spiro atoms. The van der Waals surface area contributed by atoms with Crippen molar-refractivity contribution in [2.75, 3.05) is 0 Å². The number of benzene rings is 1. The standard InChI is InChI=1S/C17H17N3O3S/c1-3-11(14(18)21)20-16(22)13-12(10-7-5-4-6-8-10)9(2)24-15(13)19-17(20)23/h4-8,11H,3H2,1-2H3,(H2,18,21)(H,19,23). The van der Waals surface area contributed by atoms with Gasteiger partial charge in [-0.2, -0.15) is 0 Å². The smallest absolute Gasteiger partial charge is 0.330 e. The van der Waals surface area contributed by atoms with Crippen molar-refractivity contribution in [3.05, 3.63) is 56.0 Å². The van der Waals surface area contributed by atoms with Gasteiger partial charge in [-0.1, -0.05) is 37.3 Å². The highest BCUT2D eigenvalue weighted by Crippen LogP contribution is 2.35. The second-order valence-corrected chi connectivity index (χ2v) is 6.76. The van der Waals surface area contributed by atoms with Gasteiger partial charge in [0.1, 0.15) is 10.9 Å². The Morgan fingerprint density at radius 2 is 1.96 bits per heavy atom. The molecule has 0 aliphatic carbocycles. The number of nitrogens with zero attached hydrogens (tertiary/aromatic N) is 1. The third-order valence-corrected chi connectivity index (χ3v) is 5.07. The Morgan fingerprint density at radius 1 is 1.29 bits per heavy atom. The molecular weight excluding hydrogens is 326 g/mol. The van der Waals surface area contributed by atoms with E-state index in [4.69, 9.17) is 5.73 Å². The SMILES string of the molecule is CCC(C(N)=O)n1c(=O)[nH]c2sc(C)c(-c3ccccc3)c2c1=O. The van der Waals surface area contributed by atoms with Gasteiger partial charge in [-0.25, -0.2) is 9.36 Å². The van der Waals surface area contributed by atoms with Crippen LogP contribution in [-0.4, -0.2) is 15.5 Å². The van der Waals surface area contributed by atoms with Crippen molar-refractivity contribution in [3.8, 4) is 11.1 Å². The van der Waals surface area contributed by atoms with Crippen molar-refractivity contribution in [3.63, 3.8) is 0 Å². The third-order valence-electron chi connectivity index (χ3n) is 4.05. The van der Waals surface area contributed by atoms with Crippen LogP contribution < -0.4 is 17.0 Å². The number of aromatic nitrogens is 2. The predicted molar refractivity (Wildman–Crippen MR) is 95.4 cm³/mol. The number of aromatic amines is 1. The monoisotopic (exact) mass is 343 g/mol. The molecule has 0 aliphatic heterocycles. The molecule has 7 heteroatoms. The van der Waals surface area contributed by atoms with Crippen molar-refractivity contribution >= 4 is 27.5 Å². The first-order valence-electron chi connectivity index (χ1n) is 7.58. The zero-order chi connectivity index (χ0) is 17.4. The first kappa shape index (κ1) is 16.2. The van der Waals surface area contributed by atoms with Crippen LogP contribution in [0.15, 0.2) is 39.9 Å². The lowest BCUT2D eigenvalue weighted by Crippen LogP contribution is -2.42. The van der Waals surface area contributed by atoms with E-state index in [0.29, 0.717) is 10.2 Å². The summed E-state index contributed by atoms with van der Waals surface area (Å²) in [6.07, 6.45) is 0.271. The number of thiophene rings is 1. The van der Waals surface area contributed by atoms with Crippen molar-refractivity contribution in [2.24, 2.45) is 5.73 Å². The fourth-order valence-electron chi connectivity index (χ4n) is 2.95. The van der Waals surface area contributed by atoms with E-state index in [0.717, 1.165) is 20.6 Å². The second kappa shape index (κ2) is 6.09. The molecule has 2 heterocycles. The summed E-state index contributed by atoms with van der Waals surface area (Å²) in [4.78, 5) is 41.1. The van der Waals surface area contributed by atoms with E-state index in [1.807, 2.05) is 37.3 Å². The van der Waals surface area contributed by atoms with Crippen LogP contribution in [0.25, 0.3) is 21.3 Å². The van der Waals surface area contributed by atoms with Crippen LogP contribution in [0.1, 0.15) is 24.3 Å². The number of nitrogens with one attached hydrogen (secondary N) is 1. The fraction of sp³-hybridized carbons (Fsp3) is 0.235. The molecule has 1 unspecified atom stereocenters. The molecule has 0 aliphatic rings. The molecule has 24 heavy (non-hydrogen) atoms. The molecule has 0 radical (unpaired) electrons. The Labute approximate surface area is 141 Å². The van der Waals surface area contributed by atoms with E-state index in [1.54, 1.807) is 6.92 Å². The molecule has 6 nitrogen and oxygen atoms in total. The number of hydrogen-bond donors (Lipinski definition) is 2. The Balaban J connectivity index is 2.42. The predicted octanol–water partition coefficient (Wildman–Crippen LogP) is 2.16. The fourth-order valence-corrected chi connectivity index (χ4v) is 4.01. The molecule has 0 saturated carbocycles. The summed E-state index contributed by atoms with van der Waals surface area (Å²) in [6, 6.07) is 8.54. The molecule has 0 fully saturated rings.